The van der Waals surface area contributed by atoms with Crippen molar-refractivity contribution in [1.82, 2.24) is 14.7 Å². The second-order valence-corrected chi connectivity index (χ2v) is 11.5. The summed E-state index contributed by atoms with van der Waals surface area (Å²) in [5.74, 6) is -1.66. The minimum Gasteiger partial charge on any atom is -0.396 e. The van der Waals surface area contributed by atoms with Crippen LogP contribution >= 0.6 is 0 Å². The standard InChI is InChI=1S/C30H49N3O5/c1-7-11-18-32(17-10-4)28(37)25-30-21-22(5)29(6,38-30)23(26(35)31(15-8-2)16-9-3)24(30)27(36)33(25)19-13-12-14-20-34/h8,10,22-25,34H,2,4,7,9,11-21H2,1,3,5-6H3/t22?,23-,24-,25?,29+,30?/m0/s1. The van der Waals surface area contributed by atoms with Crippen molar-refractivity contribution in [3.63, 3.8) is 0 Å². The van der Waals surface area contributed by atoms with E-state index in [1.807, 2.05) is 13.8 Å². The quantitative estimate of drug-likeness (QED) is 0.244. The number of aliphatic hydroxyl groups is 1. The Morgan fingerprint density at radius 2 is 1.71 bits per heavy atom. The summed E-state index contributed by atoms with van der Waals surface area (Å²) in [5, 5.41) is 9.25. The maximum Gasteiger partial charge on any atom is 0.248 e. The van der Waals surface area contributed by atoms with E-state index >= 15 is 0 Å². The van der Waals surface area contributed by atoms with Gasteiger partial charge < -0.3 is 24.5 Å². The summed E-state index contributed by atoms with van der Waals surface area (Å²) in [6.45, 7) is 18.3. The molecule has 1 spiro atoms. The van der Waals surface area contributed by atoms with Gasteiger partial charge in [-0.2, -0.15) is 0 Å². The number of amides is 3. The molecule has 0 saturated carbocycles. The zero-order valence-electron chi connectivity index (χ0n) is 24.0. The molecule has 0 aromatic heterocycles. The van der Waals surface area contributed by atoms with E-state index < -0.39 is 29.1 Å². The zero-order chi connectivity index (χ0) is 28.1. The Morgan fingerprint density at radius 3 is 2.29 bits per heavy atom. The highest BCUT2D eigenvalue weighted by atomic mass is 16.5. The molecule has 3 heterocycles. The average molecular weight is 532 g/mol. The Balaban J connectivity index is 2.07. The normalized spacial score (nSPS) is 31.4. The van der Waals surface area contributed by atoms with E-state index in [4.69, 9.17) is 4.74 Å². The van der Waals surface area contributed by atoms with Crippen LogP contribution in [0.4, 0.5) is 0 Å². The summed E-state index contributed by atoms with van der Waals surface area (Å²) in [6.07, 6.45) is 8.71. The summed E-state index contributed by atoms with van der Waals surface area (Å²) in [5.41, 5.74) is -1.85. The molecule has 214 valence electrons. The Kier molecular flexibility index (Phi) is 10.2. The molecule has 3 aliphatic rings. The zero-order valence-corrected chi connectivity index (χ0v) is 24.0. The minimum atomic E-state index is -1.03. The average Bonchev–Trinajstić information content (AvgIpc) is 3.40. The van der Waals surface area contributed by atoms with Crippen LogP contribution in [0.3, 0.4) is 0 Å². The van der Waals surface area contributed by atoms with Crippen molar-refractivity contribution in [3.8, 4) is 0 Å². The number of hydrogen-bond acceptors (Lipinski definition) is 5. The Hall–Kier alpha value is -2.19. The number of carbonyl (C=O) groups is 3. The highest BCUT2D eigenvalue weighted by molar-refractivity contribution is 5.99. The van der Waals surface area contributed by atoms with Gasteiger partial charge in [-0.15, -0.1) is 13.2 Å². The van der Waals surface area contributed by atoms with E-state index in [1.165, 1.54) is 0 Å². The molecule has 3 fully saturated rings. The van der Waals surface area contributed by atoms with Crippen molar-refractivity contribution in [2.24, 2.45) is 17.8 Å². The first-order chi connectivity index (χ1) is 18.2. The van der Waals surface area contributed by atoms with Gasteiger partial charge in [-0.3, -0.25) is 14.4 Å². The van der Waals surface area contributed by atoms with Crippen molar-refractivity contribution in [1.29, 1.82) is 0 Å². The maximum absolute atomic E-state index is 14.3. The SMILES string of the molecule is C=CCN(CCCC)C(=O)C1N(CCCCCO)C(=O)[C@@H]2[C@@H](C(=O)N(CC=C)CCC)[C@]3(C)OC12CC3C. The van der Waals surface area contributed by atoms with Gasteiger partial charge in [0.15, 0.2) is 0 Å². The molecule has 8 heteroatoms. The predicted molar refractivity (Wildman–Crippen MR) is 148 cm³/mol. The van der Waals surface area contributed by atoms with Crippen LogP contribution in [0.1, 0.15) is 72.6 Å². The largest absolute Gasteiger partial charge is 0.396 e. The van der Waals surface area contributed by atoms with Gasteiger partial charge in [-0.25, -0.2) is 0 Å². The molecule has 8 nitrogen and oxygen atoms in total. The first-order valence-electron chi connectivity index (χ1n) is 14.6. The lowest BCUT2D eigenvalue weighted by Crippen LogP contribution is -2.57. The molecule has 0 aromatic carbocycles. The highest BCUT2D eigenvalue weighted by Gasteiger charge is 2.80. The third kappa shape index (κ3) is 5.18. The van der Waals surface area contributed by atoms with Gasteiger partial charge in [0, 0.05) is 39.3 Å². The molecule has 3 aliphatic heterocycles. The second-order valence-electron chi connectivity index (χ2n) is 11.5. The summed E-state index contributed by atoms with van der Waals surface area (Å²) < 4.78 is 6.87. The van der Waals surface area contributed by atoms with E-state index in [0.717, 1.165) is 25.7 Å². The van der Waals surface area contributed by atoms with Crippen molar-refractivity contribution in [2.45, 2.75) is 89.9 Å². The number of unbranched alkanes of at least 4 members (excludes halogenated alkanes) is 3. The van der Waals surface area contributed by atoms with Crippen molar-refractivity contribution in [3.05, 3.63) is 25.3 Å². The molecule has 3 saturated heterocycles. The van der Waals surface area contributed by atoms with Gasteiger partial charge in [-0.1, -0.05) is 39.3 Å². The lowest BCUT2D eigenvalue weighted by atomic mass is 9.62. The number of rotatable bonds is 16. The lowest BCUT2D eigenvalue weighted by molar-refractivity contribution is -0.154. The summed E-state index contributed by atoms with van der Waals surface area (Å²) in [6, 6.07) is -0.771. The molecule has 38 heavy (non-hydrogen) atoms. The summed E-state index contributed by atoms with van der Waals surface area (Å²) in [4.78, 5) is 47.9. The molecule has 0 aromatic rings. The second kappa shape index (κ2) is 12.8. The van der Waals surface area contributed by atoms with Crippen LogP contribution in [0.15, 0.2) is 25.3 Å². The molecule has 0 radical (unpaired) electrons. The van der Waals surface area contributed by atoms with Gasteiger partial charge >= 0.3 is 0 Å². The van der Waals surface area contributed by atoms with Gasteiger partial charge in [-0.05, 0) is 51.4 Å². The highest BCUT2D eigenvalue weighted by Crippen LogP contribution is 2.65. The number of hydrogen-bond donors (Lipinski definition) is 1. The molecular weight excluding hydrogens is 482 g/mol. The number of likely N-dealkylation sites (tertiary alicyclic amines) is 1. The molecule has 1 N–H and O–H groups in total. The number of aliphatic hydroxyl groups excluding tert-OH is 1. The van der Waals surface area contributed by atoms with Crippen LogP contribution in [-0.2, 0) is 19.1 Å². The van der Waals surface area contributed by atoms with Crippen LogP contribution in [0.25, 0.3) is 0 Å². The third-order valence-electron chi connectivity index (χ3n) is 8.97. The molecule has 3 amide bonds. The third-order valence-corrected chi connectivity index (χ3v) is 8.97. The van der Waals surface area contributed by atoms with Gasteiger partial charge in [0.25, 0.3) is 0 Å². The summed E-state index contributed by atoms with van der Waals surface area (Å²) >= 11 is 0. The number of carbonyl (C=O) groups excluding carboxylic acids is 3. The van der Waals surface area contributed by atoms with Crippen LogP contribution in [-0.4, -0.2) is 94.1 Å². The van der Waals surface area contributed by atoms with Crippen LogP contribution in [0, 0.1) is 17.8 Å². The van der Waals surface area contributed by atoms with E-state index in [-0.39, 0.29) is 30.2 Å². The van der Waals surface area contributed by atoms with Gasteiger partial charge in [0.1, 0.15) is 11.6 Å². The fourth-order valence-corrected chi connectivity index (χ4v) is 7.09. The Morgan fingerprint density at radius 1 is 1.05 bits per heavy atom. The molecule has 0 aliphatic carbocycles. The number of fused-ring (bicyclic) bond motifs is 1. The smallest absolute Gasteiger partial charge is 0.248 e. The van der Waals surface area contributed by atoms with Crippen LogP contribution in [0.5, 0.6) is 0 Å². The van der Waals surface area contributed by atoms with Crippen molar-refractivity contribution in [2.75, 3.05) is 39.3 Å². The van der Waals surface area contributed by atoms with Crippen molar-refractivity contribution >= 4 is 17.7 Å². The number of nitrogens with zero attached hydrogens (tertiary/aromatic N) is 3. The van der Waals surface area contributed by atoms with Gasteiger partial charge in [0.2, 0.25) is 17.7 Å². The maximum atomic E-state index is 14.3. The van der Waals surface area contributed by atoms with Crippen LogP contribution < -0.4 is 0 Å². The minimum absolute atomic E-state index is 0.0147. The van der Waals surface area contributed by atoms with Crippen LogP contribution in [0.2, 0.25) is 0 Å². The lowest BCUT2D eigenvalue weighted by Gasteiger charge is -2.39. The Bertz CT molecular complexity index is 893. The fraction of sp³-hybridized carbons (Fsp3) is 0.767. The Labute approximate surface area is 229 Å². The summed E-state index contributed by atoms with van der Waals surface area (Å²) in [7, 11) is 0. The topological polar surface area (TPSA) is 90.4 Å². The van der Waals surface area contributed by atoms with E-state index in [0.29, 0.717) is 52.0 Å². The van der Waals surface area contributed by atoms with Gasteiger partial charge in [0.05, 0.1) is 17.4 Å². The molecule has 3 unspecified atom stereocenters. The number of ether oxygens (including phenoxy) is 1. The first kappa shape index (κ1) is 30.4. The predicted octanol–water partition coefficient (Wildman–Crippen LogP) is 3.40. The molecule has 3 rings (SSSR count). The van der Waals surface area contributed by atoms with E-state index in [9.17, 15) is 19.5 Å². The van der Waals surface area contributed by atoms with E-state index in [2.05, 4.69) is 27.0 Å². The monoisotopic (exact) mass is 531 g/mol. The first-order valence-corrected chi connectivity index (χ1v) is 14.6. The van der Waals surface area contributed by atoms with E-state index in [1.54, 1.807) is 26.9 Å². The molecule has 6 atom stereocenters. The molecular formula is C30H49N3O5. The molecule has 2 bridgehead atoms. The van der Waals surface area contributed by atoms with Crippen molar-refractivity contribution < 1.29 is 24.2 Å². The fourth-order valence-electron chi connectivity index (χ4n) is 7.09.